The molecule has 1 atom stereocenters. The summed E-state index contributed by atoms with van der Waals surface area (Å²) in [4.78, 5) is 0. The maximum Gasteiger partial charge on any atom is 0.0754 e. The van der Waals surface area contributed by atoms with E-state index in [0.717, 1.165) is 12.7 Å². The van der Waals surface area contributed by atoms with Crippen LogP contribution in [0.5, 0.6) is 0 Å². The van der Waals surface area contributed by atoms with Crippen LogP contribution in [0.3, 0.4) is 0 Å². The third kappa shape index (κ3) is 3.68. The Balaban J connectivity index is 3.17. The van der Waals surface area contributed by atoms with Crippen molar-refractivity contribution in [3.8, 4) is 0 Å². The van der Waals surface area contributed by atoms with E-state index in [4.69, 9.17) is 10.2 Å². The van der Waals surface area contributed by atoms with Gasteiger partial charge in [0.1, 0.15) is 0 Å². The zero-order valence-corrected chi connectivity index (χ0v) is 5.04. The molecule has 2 N–H and O–H groups in total. The monoisotopic (exact) mass is 116 g/mol. The molecule has 0 fully saturated rings. The maximum absolute atomic E-state index is 8.35. The Hall–Kier alpha value is -0.500. The Morgan fingerprint density at radius 1 is 1.62 bits per heavy atom. The standard InChI is InChI=1S/C6H12O2/c1-6(2-4-7)3-5-8/h2,4,6-8H,3,5H2,1H3/b4-2+. The van der Waals surface area contributed by atoms with E-state index in [1.54, 1.807) is 6.08 Å². The van der Waals surface area contributed by atoms with Crippen molar-refractivity contribution in [2.24, 2.45) is 5.92 Å². The first-order valence-corrected chi connectivity index (χ1v) is 2.73. The van der Waals surface area contributed by atoms with Crippen molar-refractivity contribution in [1.82, 2.24) is 0 Å². The lowest BCUT2D eigenvalue weighted by atomic mass is 10.1. The average molecular weight is 116 g/mol. The molecule has 0 spiro atoms. The van der Waals surface area contributed by atoms with E-state index >= 15 is 0 Å². The Morgan fingerprint density at radius 3 is 2.62 bits per heavy atom. The van der Waals surface area contributed by atoms with E-state index in [2.05, 4.69) is 0 Å². The van der Waals surface area contributed by atoms with Crippen molar-refractivity contribution in [1.29, 1.82) is 0 Å². The Morgan fingerprint density at radius 2 is 2.25 bits per heavy atom. The molecular weight excluding hydrogens is 104 g/mol. The van der Waals surface area contributed by atoms with Gasteiger partial charge in [0.2, 0.25) is 0 Å². The van der Waals surface area contributed by atoms with Crippen LogP contribution in [0, 0.1) is 5.92 Å². The molecule has 48 valence electrons. The highest BCUT2D eigenvalue weighted by Crippen LogP contribution is 2.00. The van der Waals surface area contributed by atoms with Crippen LogP contribution in [0.1, 0.15) is 13.3 Å². The maximum atomic E-state index is 8.35. The molecule has 0 saturated carbocycles. The molecule has 0 heterocycles. The molecule has 0 aliphatic carbocycles. The molecule has 0 amide bonds. The number of aliphatic hydroxyl groups excluding tert-OH is 2. The van der Waals surface area contributed by atoms with E-state index in [-0.39, 0.29) is 12.5 Å². The molecule has 8 heavy (non-hydrogen) atoms. The number of allylic oxidation sites excluding steroid dienone is 1. The second-order valence-corrected chi connectivity index (χ2v) is 1.83. The Bertz CT molecular complexity index is 68.9. The summed E-state index contributed by atoms with van der Waals surface area (Å²) in [6.45, 7) is 2.12. The quantitative estimate of drug-likeness (QED) is 0.541. The van der Waals surface area contributed by atoms with Crippen molar-refractivity contribution in [2.45, 2.75) is 13.3 Å². The minimum atomic E-state index is 0.186. The fourth-order valence-electron chi connectivity index (χ4n) is 0.447. The summed E-state index contributed by atoms with van der Waals surface area (Å²) < 4.78 is 0. The summed E-state index contributed by atoms with van der Waals surface area (Å²) in [6.07, 6.45) is 3.38. The van der Waals surface area contributed by atoms with Gasteiger partial charge in [-0.05, 0) is 18.4 Å². The second-order valence-electron chi connectivity index (χ2n) is 1.83. The van der Waals surface area contributed by atoms with Gasteiger partial charge in [0.15, 0.2) is 0 Å². The summed E-state index contributed by atoms with van der Waals surface area (Å²) in [5.41, 5.74) is 0. The van der Waals surface area contributed by atoms with E-state index in [1.165, 1.54) is 0 Å². The van der Waals surface area contributed by atoms with Crippen LogP contribution in [0.25, 0.3) is 0 Å². The topological polar surface area (TPSA) is 40.5 Å². The van der Waals surface area contributed by atoms with Crippen LogP contribution in [0.15, 0.2) is 12.3 Å². The summed E-state index contributed by atoms with van der Waals surface area (Å²) in [5, 5.41) is 16.5. The molecule has 2 heteroatoms. The lowest BCUT2D eigenvalue weighted by Gasteiger charge is -1.98. The minimum absolute atomic E-state index is 0.186. The van der Waals surface area contributed by atoms with Crippen LogP contribution in [0.4, 0.5) is 0 Å². The molecule has 0 aromatic rings. The van der Waals surface area contributed by atoms with Gasteiger partial charge >= 0.3 is 0 Å². The van der Waals surface area contributed by atoms with Crippen molar-refractivity contribution in [2.75, 3.05) is 6.61 Å². The van der Waals surface area contributed by atoms with Gasteiger partial charge in [-0.2, -0.15) is 0 Å². The molecule has 0 saturated heterocycles. The molecule has 0 rings (SSSR count). The van der Waals surface area contributed by atoms with Crippen LogP contribution >= 0.6 is 0 Å². The van der Waals surface area contributed by atoms with Gasteiger partial charge in [-0.3, -0.25) is 0 Å². The fourth-order valence-corrected chi connectivity index (χ4v) is 0.447. The van der Waals surface area contributed by atoms with Crippen LogP contribution < -0.4 is 0 Å². The van der Waals surface area contributed by atoms with Crippen LogP contribution in [0.2, 0.25) is 0 Å². The van der Waals surface area contributed by atoms with Gasteiger partial charge in [-0.15, -0.1) is 0 Å². The summed E-state index contributed by atoms with van der Waals surface area (Å²) >= 11 is 0. The molecule has 0 aromatic carbocycles. The fraction of sp³-hybridized carbons (Fsp3) is 0.667. The first-order chi connectivity index (χ1) is 3.81. The molecule has 0 aromatic heterocycles. The number of rotatable bonds is 3. The zero-order valence-electron chi connectivity index (χ0n) is 5.04. The largest absolute Gasteiger partial charge is 0.516 e. The van der Waals surface area contributed by atoms with Gasteiger partial charge in [-0.1, -0.05) is 6.92 Å². The number of aliphatic hydroxyl groups is 2. The second kappa shape index (κ2) is 4.65. The first kappa shape index (κ1) is 7.50. The predicted octanol–water partition coefficient (Wildman–Crippen LogP) is 1.08. The SMILES string of the molecule is CC(/C=C/O)CCO. The van der Waals surface area contributed by atoms with Crippen LogP contribution in [-0.2, 0) is 0 Å². The van der Waals surface area contributed by atoms with Crippen molar-refractivity contribution < 1.29 is 10.2 Å². The highest BCUT2D eigenvalue weighted by Gasteiger charge is 1.92. The third-order valence-electron chi connectivity index (χ3n) is 0.999. The first-order valence-electron chi connectivity index (χ1n) is 2.73. The van der Waals surface area contributed by atoms with E-state index in [0.29, 0.717) is 0 Å². The predicted molar refractivity (Wildman–Crippen MR) is 32.6 cm³/mol. The Labute approximate surface area is 49.5 Å². The van der Waals surface area contributed by atoms with Crippen LogP contribution in [-0.4, -0.2) is 16.8 Å². The molecule has 1 unspecified atom stereocenters. The van der Waals surface area contributed by atoms with E-state index in [9.17, 15) is 0 Å². The van der Waals surface area contributed by atoms with Crippen molar-refractivity contribution >= 4 is 0 Å². The zero-order chi connectivity index (χ0) is 6.41. The Kier molecular flexibility index (Phi) is 4.36. The average Bonchev–Trinajstić information content (AvgIpc) is 1.68. The van der Waals surface area contributed by atoms with E-state index in [1.807, 2.05) is 6.92 Å². The van der Waals surface area contributed by atoms with Crippen molar-refractivity contribution in [3.63, 3.8) is 0 Å². The molecule has 0 aliphatic heterocycles. The highest BCUT2D eigenvalue weighted by molar-refractivity contribution is 4.78. The van der Waals surface area contributed by atoms with Gasteiger partial charge in [-0.25, -0.2) is 0 Å². The molecule has 0 aliphatic rings. The molecular formula is C6H12O2. The highest BCUT2D eigenvalue weighted by atomic mass is 16.3. The summed E-state index contributed by atoms with van der Waals surface area (Å²) in [7, 11) is 0. The third-order valence-corrected chi connectivity index (χ3v) is 0.999. The minimum Gasteiger partial charge on any atom is -0.516 e. The molecule has 2 nitrogen and oxygen atoms in total. The molecule has 0 radical (unpaired) electrons. The van der Waals surface area contributed by atoms with Gasteiger partial charge in [0, 0.05) is 6.61 Å². The van der Waals surface area contributed by atoms with Crippen molar-refractivity contribution in [3.05, 3.63) is 12.3 Å². The lowest BCUT2D eigenvalue weighted by Crippen LogP contribution is -1.92. The molecule has 0 bridgehead atoms. The summed E-state index contributed by atoms with van der Waals surface area (Å²) in [6, 6.07) is 0. The van der Waals surface area contributed by atoms with E-state index < -0.39 is 0 Å². The normalized spacial score (nSPS) is 14.8. The van der Waals surface area contributed by atoms with Gasteiger partial charge in [0.25, 0.3) is 0 Å². The summed E-state index contributed by atoms with van der Waals surface area (Å²) in [5.74, 6) is 0.282. The van der Waals surface area contributed by atoms with Gasteiger partial charge < -0.3 is 10.2 Å². The van der Waals surface area contributed by atoms with Gasteiger partial charge in [0.05, 0.1) is 6.26 Å². The number of hydrogen-bond donors (Lipinski definition) is 2. The number of hydrogen-bond acceptors (Lipinski definition) is 2. The lowest BCUT2D eigenvalue weighted by molar-refractivity contribution is 0.273. The smallest absolute Gasteiger partial charge is 0.0754 e.